The third-order valence-electron chi connectivity index (χ3n) is 3.76. The lowest BCUT2D eigenvalue weighted by atomic mass is 9.90. The van der Waals surface area contributed by atoms with E-state index in [2.05, 4.69) is 11.8 Å². The van der Waals surface area contributed by atoms with E-state index in [0.29, 0.717) is 23.7 Å². The normalized spacial score (nSPS) is 22.6. The number of hydrogen-bond acceptors (Lipinski definition) is 4. The molecule has 1 heterocycles. The highest BCUT2D eigenvalue weighted by molar-refractivity contribution is 6.30. The van der Waals surface area contributed by atoms with Gasteiger partial charge in [0.05, 0.1) is 4.92 Å². The molecule has 1 aromatic carbocycles. The summed E-state index contributed by atoms with van der Waals surface area (Å²) in [5.41, 5.74) is 6.68. The first-order valence-electron chi connectivity index (χ1n) is 6.29. The molecule has 1 aromatic rings. The molecule has 0 spiro atoms. The maximum atomic E-state index is 11.0. The molecule has 0 aliphatic carbocycles. The van der Waals surface area contributed by atoms with Crippen molar-refractivity contribution in [3.63, 3.8) is 0 Å². The molecule has 1 saturated heterocycles. The second-order valence-corrected chi connectivity index (χ2v) is 5.94. The number of benzene rings is 1. The second-order valence-electron chi connectivity index (χ2n) is 5.51. The molecule has 1 atom stereocenters. The quantitative estimate of drug-likeness (QED) is 0.684. The fourth-order valence-electron chi connectivity index (χ4n) is 2.53. The van der Waals surface area contributed by atoms with E-state index >= 15 is 0 Å². The first-order valence-corrected chi connectivity index (χ1v) is 6.66. The highest BCUT2D eigenvalue weighted by Gasteiger charge is 2.33. The topological polar surface area (TPSA) is 72.4 Å². The maximum Gasteiger partial charge on any atom is 0.273 e. The zero-order valence-electron chi connectivity index (χ0n) is 11.3. The summed E-state index contributed by atoms with van der Waals surface area (Å²) < 4.78 is 0. The van der Waals surface area contributed by atoms with Crippen molar-refractivity contribution < 1.29 is 4.92 Å². The Hall–Kier alpha value is -0.880. The van der Waals surface area contributed by atoms with Gasteiger partial charge in [-0.05, 0) is 37.1 Å². The lowest BCUT2D eigenvalue weighted by molar-refractivity contribution is -0.385. The molecule has 0 aromatic heterocycles. The van der Waals surface area contributed by atoms with Gasteiger partial charge in [-0.25, -0.2) is 0 Å². The van der Waals surface area contributed by atoms with Crippen LogP contribution in [0.15, 0.2) is 18.2 Å². The van der Waals surface area contributed by atoms with E-state index in [1.54, 1.807) is 12.1 Å². The molecule has 1 fully saturated rings. The molecule has 0 radical (unpaired) electrons. The van der Waals surface area contributed by atoms with Crippen molar-refractivity contribution in [1.82, 2.24) is 4.90 Å². The number of hydrogen-bond donors (Lipinski definition) is 1. The lowest BCUT2D eigenvalue weighted by Crippen LogP contribution is -2.31. The highest BCUT2D eigenvalue weighted by Crippen LogP contribution is 2.31. The maximum absolute atomic E-state index is 11.0. The first kappa shape index (κ1) is 17.2. The molecule has 2 rings (SSSR count). The van der Waals surface area contributed by atoms with Gasteiger partial charge in [0.15, 0.2) is 0 Å². The van der Waals surface area contributed by atoms with Crippen molar-refractivity contribution >= 4 is 29.7 Å². The summed E-state index contributed by atoms with van der Waals surface area (Å²) in [6, 6.07) is 4.70. The van der Waals surface area contributed by atoms with Crippen LogP contribution >= 0.6 is 24.0 Å². The van der Waals surface area contributed by atoms with Crippen LogP contribution < -0.4 is 5.73 Å². The van der Waals surface area contributed by atoms with Gasteiger partial charge in [-0.15, -0.1) is 12.4 Å². The van der Waals surface area contributed by atoms with Crippen LogP contribution in [0.25, 0.3) is 0 Å². The average Bonchev–Trinajstić information content (AvgIpc) is 2.71. The van der Waals surface area contributed by atoms with E-state index in [-0.39, 0.29) is 28.4 Å². The zero-order valence-corrected chi connectivity index (χ0v) is 12.9. The molecular formula is C13H19Cl2N3O2. The van der Waals surface area contributed by atoms with E-state index < -0.39 is 0 Å². The highest BCUT2D eigenvalue weighted by atomic mass is 35.5. The fraction of sp³-hybridized carbons (Fsp3) is 0.538. The Morgan fingerprint density at radius 3 is 2.80 bits per heavy atom. The van der Waals surface area contributed by atoms with Crippen LogP contribution in [0.5, 0.6) is 0 Å². The molecule has 112 valence electrons. The summed E-state index contributed by atoms with van der Waals surface area (Å²) in [4.78, 5) is 12.9. The minimum atomic E-state index is -0.357. The van der Waals surface area contributed by atoms with Gasteiger partial charge in [0.1, 0.15) is 0 Å². The Balaban J connectivity index is 0.00000200. The van der Waals surface area contributed by atoms with E-state index in [1.807, 2.05) is 0 Å². The number of rotatable bonds is 4. The van der Waals surface area contributed by atoms with Crippen molar-refractivity contribution in [2.75, 3.05) is 19.6 Å². The predicted octanol–water partition coefficient (Wildman–Crippen LogP) is 2.84. The standard InChI is InChI=1S/C13H18ClN3O2.ClH/c1-13(8-15)4-5-16(9-13)7-10-6-11(14)2-3-12(10)17(18)19;/h2-3,6H,4-5,7-9,15H2,1H3;1H. The Kier molecular flexibility index (Phi) is 5.77. The van der Waals surface area contributed by atoms with Gasteiger partial charge in [-0.3, -0.25) is 15.0 Å². The van der Waals surface area contributed by atoms with E-state index in [9.17, 15) is 10.1 Å². The van der Waals surface area contributed by atoms with Crippen LogP contribution in [0.2, 0.25) is 5.02 Å². The van der Waals surface area contributed by atoms with Gasteiger partial charge in [0.2, 0.25) is 0 Å². The second kappa shape index (κ2) is 6.72. The van der Waals surface area contributed by atoms with Crippen LogP contribution in [0, 0.1) is 15.5 Å². The van der Waals surface area contributed by atoms with Crippen molar-refractivity contribution in [3.8, 4) is 0 Å². The smallest absolute Gasteiger partial charge is 0.273 e. The van der Waals surface area contributed by atoms with Gasteiger partial charge < -0.3 is 5.73 Å². The largest absolute Gasteiger partial charge is 0.330 e. The van der Waals surface area contributed by atoms with Crippen LogP contribution in [-0.2, 0) is 6.54 Å². The summed E-state index contributed by atoms with van der Waals surface area (Å²) >= 11 is 5.93. The molecule has 7 heteroatoms. The summed E-state index contributed by atoms with van der Waals surface area (Å²) in [5, 5.41) is 11.5. The zero-order chi connectivity index (χ0) is 14.0. The van der Waals surface area contributed by atoms with E-state index in [4.69, 9.17) is 17.3 Å². The number of nitrogens with two attached hydrogens (primary N) is 1. The molecule has 1 aliphatic heterocycles. The predicted molar refractivity (Wildman–Crippen MR) is 82.4 cm³/mol. The molecule has 0 saturated carbocycles. The van der Waals surface area contributed by atoms with Crippen LogP contribution in [-0.4, -0.2) is 29.5 Å². The fourth-order valence-corrected chi connectivity index (χ4v) is 2.72. The van der Waals surface area contributed by atoms with Gasteiger partial charge in [0.25, 0.3) is 5.69 Å². The molecule has 1 aliphatic rings. The monoisotopic (exact) mass is 319 g/mol. The summed E-state index contributed by atoms with van der Waals surface area (Å²) in [6.45, 7) is 5.12. The number of nitro groups is 1. The summed E-state index contributed by atoms with van der Waals surface area (Å²) in [7, 11) is 0. The van der Waals surface area contributed by atoms with E-state index in [1.165, 1.54) is 6.07 Å². The lowest BCUT2D eigenvalue weighted by Gasteiger charge is -2.22. The summed E-state index contributed by atoms with van der Waals surface area (Å²) in [6.07, 6.45) is 1.03. The SMILES string of the molecule is CC1(CN)CCN(Cc2cc(Cl)ccc2[N+](=O)[O-])C1.Cl. The number of nitrogens with zero attached hydrogens (tertiary/aromatic N) is 2. The molecular weight excluding hydrogens is 301 g/mol. The molecule has 5 nitrogen and oxygen atoms in total. The van der Waals surface area contributed by atoms with Crippen LogP contribution in [0.4, 0.5) is 5.69 Å². The van der Waals surface area contributed by atoms with Crippen molar-refractivity contribution in [1.29, 1.82) is 0 Å². The Bertz CT molecular complexity index is 499. The third-order valence-corrected chi connectivity index (χ3v) is 4.00. The molecule has 1 unspecified atom stereocenters. The average molecular weight is 320 g/mol. The molecule has 0 amide bonds. The number of nitro benzene ring substituents is 1. The minimum Gasteiger partial charge on any atom is -0.330 e. The van der Waals surface area contributed by atoms with Gasteiger partial charge >= 0.3 is 0 Å². The van der Waals surface area contributed by atoms with Gasteiger partial charge in [-0.2, -0.15) is 0 Å². The first-order chi connectivity index (χ1) is 8.93. The Morgan fingerprint density at radius 2 is 2.25 bits per heavy atom. The number of halogens is 2. The number of likely N-dealkylation sites (tertiary alicyclic amines) is 1. The van der Waals surface area contributed by atoms with E-state index in [0.717, 1.165) is 19.5 Å². The van der Waals surface area contributed by atoms with Crippen LogP contribution in [0.3, 0.4) is 0 Å². The van der Waals surface area contributed by atoms with Crippen molar-refractivity contribution in [3.05, 3.63) is 38.9 Å². The van der Waals surface area contributed by atoms with Crippen molar-refractivity contribution in [2.24, 2.45) is 11.1 Å². The molecule has 0 bridgehead atoms. The molecule has 2 N–H and O–H groups in total. The Labute approximate surface area is 129 Å². The molecule has 20 heavy (non-hydrogen) atoms. The Morgan fingerprint density at radius 1 is 1.55 bits per heavy atom. The minimum absolute atomic E-state index is 0. The summed E-state index contributed by atoms with van der Waals surface area (Å²) in [5.74, 6) is 0. The van der Waals surface area contributed by atoms with Crippen LogP contribution in [0.1, 0.15) is 18.9 Å². The van der Waals surface area contributed by atoms with Gasteiger partial charge in [0, 0.05) is 29.7 Å². The van der Waals surface area contributed by atoms with Crippen molar-refractivity contribution in [2.45, 2.75) is 19.9 Å². The third kappa shape index (κ3) is 3.82. The van der Waals surface area contributed by atoms with Gasteiger partial charge in [-0.1, -0.05) is 18.5 Å².